The van der Waals surface area contributed by atoms with Crippen LogP contribution in [0.4, 0.5) is 5.69 Å². The van der Waals surface area contributed by atoms with E-state index in [0.717, 1.165) is 10.6 Å². The summed E-state index contributed by atoms with van der Waals surface area (Å²) in [6.45, 7) is -0.252. The van der Waals surface area contributed by atoms with Crippen molar-refractivity contribution in [1.82, 2.24) is 4.57 Å². The Morgan fingerprint density at radius 2 is 2.15 bits per heavy atom. The van der Waals surface area contributed by atoms with Crippen LogP contribution in [0.25, 0.3) is 0 Å². The summed E-state index contributed by atoms with van der Waals surface area (Å²) in [6, 6.07) is 2.84. The van der Waals surface area contributed by atoms with Gasteiger partial charge >= 0.3 is 11.2 Å². The van der Waals surface area contributed by atoms with Gasteiger partial charge in [-0.25, -0.2) is 0 Å². The van der Waals surface area contributed by atoms with Crippen molar-refractivity contribution < 1.29 is 9.72 Å². The molecule has 9 heteroatoms. The molecular formula is C11H6Br2N2O4S. The number of rotatable bonds is 4. The molecule has 0 unspecified atom stereocenters. The minimum absolute atomic E-state index is 0.252. The first-order valence-electron chi connectivity index (χ1n) is 5.20. The highest BCUT2D eigenvalue weighted by atomic mass is 79.9. The topological polar surface area (TPSA) is 82.2 Å². The third-order valence-corrected chi connectivity index (χ3v) is 4.73. The lowest BCUT2D eigenvalue weighted by atomic mass is 10.3. The van der Waals surface area contributed by atoms with Crippen LogP contribution in [0.15, 0.2) is 37.4 Å². The SMILES string of the molecule is O=C(Cn1cc(Br)cc([N+](=O)[O-])c1=O)c1sccc1Br. The van der Waals surface area contributed by atoms with Gasteiger partial charge in [0.05, 0.1) is 16.3 Å². The Hall–Kier alpha value is -1.32. The quantitative estimate of drug-likeness (QED) is 0.431. The van der Waals surface area contributed by atoms with Crippen LogP contribution >= 0.6 is 43.2 Å². The van der Waals surface area contributed by atoms with Gasteiger partial charge in [0.25, 0.3) is 0 Å². The van der Waals surface area contributed by atoms with Crippen molar-refractivity contribution in [2.75, 3.05) is 0 Å². The number of nitro groups is 1. The van der Waals surface area contributed by atoms with Gasteiger partial charge < -0.3 is 4.57 Å². The first kappa shape index (κ1) is 15.1. The lowest BCUT2D eigenvalue weighted by Crippen LogP contribution is -2.25. The van der Waals surface area contributed by atoms with Gasteiger partial charge in [-0.1, -0.05) is 0 Å². The average molecular weight is 422 g/mol. The molecule has 0 amide bonds. The number of ketones is 1. The molecule has 0 aliphatic carbocycles. The van der Waals surface area contributed by atoms with Crippen molar-refractivity contribution in [1.29, 1.82) is 0 Å². The van der Waals surface area contributed by atoms with Gasteiger partial charge in [0.2, 0.25) is 0 Å². The summed E-state index contributed by atoms with van der Waals surface area (Å²) >= 11 is 7.56. The minimum Gasteiger partial charge on any atom is -0.301 e. The Labute approximate surface area is 133 Å². The third kappa shape index (κ3) is 3.05. The molecule has 2 heterocycles. The molecule has 0 N–H and O–H groups in total. The zero-order valence-electron chi connectivity index (χ0n) is 9.71. The van der Waals surface area contributed by atoms with Crippen molar-refractivity contribution in [3.8, 4) is 0 Å². The molecule has 0 aromatic carbocycles. The highest BCUT2D eigenvalue weighted by Gasteiger charge is 2.19. The van der Waals surface area contributed by atoms with Crippen molar-refractivity contribution in [2.45, 2.75) is 6.54 Å². The summed E-state index contributed by atoms with van der Waals surface area (Å²) in [5.41, 5.74) is -1.38. The molecule has 0 atom stereocenters. The van der Waals surface area contributed by atoms with E-state index in [-0.39, 0.29) is 12.3 Å². The lowest BCUT2D eigenvalue weighted by Gasteiger charge is -2.05. The summed E-state index contributed by atoms with van der Waals surface area (Å²) in [5.74, 6) is -0.290. The zero-order chi connectivity index (χ0) is 14.9. The Morgan fingerprint density at radius 3 is 2.70 bits per heavy atom. The third-order valence-electron chi connectivity index (χ3n) is 2.41. The summed E-state index contributed by atoms with van der Waals surface area (Å²) in [6.07, 6.45) is 1.36. The van der Waals surface area contributed by atoms with E-state index < -0.39 is 16.2 Å². The molecule has 2 aromatic heterocycles. The predicted molar refractivity (Wildman–Crippen MR) is 81.4 cm³/mol. The molecule has 0 spiro atoms. The molecule has 2 rings (SSSR count). The highest BCUT2D eigenvalue weighted by Crippen LogP contribution is 2.23. The number of hydrogen-bond donors (Lipinski definition) is 0. The first-order valence-corrected chi connectivity index (χ1v) is 7.67. The standard InChI is InChI=1S/C11H6Br2N2O4S/c12-6-3-8(15(18)19)11(17)14(4-6)5-9(16)10-7(13)1-2-20-10/h1-4H,5H2. The van der Waals surface area contributed by atoms with Crippen molar-refractivity contribution >= 4 is 54.7 Å². The Bertz CT molecular complexity index is 753. The van der Waals surface area contributed by atoms with Gasteiger partial charge in [-0.2, -0.15) is 0 Å². The van der Waals surface area contributed by atoms with Crippen molar-refractivity contribution in [3.63, 3.8) is 0 Å². The molecule has 0 radical (unpaired) electrons. The number of carbonyl (C=O) groups is 1. The molecule has 20 heavy (non-hydrogen) atoms. The fourth-order valence-corrected chi connectivity index (χ4v) is 3.54. The van der Waals surface area contributed by atoms with Crippen LogP contribution < -0.4 is 5.56 Å². The van der Waals surface area contributed by atoms with E-state index in [9.17, 15) is 19.7 Å². The van der Waals surface area contributed by atoms with E-state index in [0.29, 0.717) is 13.8 Å². The van der Waals surface area contributed by atoms with E-state index in [2.05, 4.69) is 31.9 Å². The molecule has 0 aliphatic heterocycles. The summed E-state index contributed by atoms with van der Waals surface area (Å²) in [4.78, 5) is 34.4. The number of aromatic nitrogens is 1. The Balaban J connectivity index is 2.40. The van der Waals surface area contributed by atoms with Crippen LogP contribution in [0.5, 0.6) is 0 Å². The van der Waals surface area contributed by atoms with Crippen LogP contribution in [0.3, 0.4) is 0 Å². The smallest absolute Gasteiger partial charge is 0.301 e. The van der Waals surface area contributed by atoms with E-state index >= 15 is 0 Å². The predicted octanol–water partition coefficient (Wildman–Crippen LogP) is 3.23. The fraction of sp³-hybridized carbons (Fsp3) is 0.0909. The molecular weight excluding hydrogens is 416 g/mol. The lowest BCUT2D eigenvalue weighted by molar-refractivity contribution is -0.386. The molecule has 0 aliphatic rings. The first-order chi connectivity index (χ1) is 9.40. The van der Waals surface area contributed by atoms with Gasteiger partial charge in [0, 0.05) is 21.2 Å². The van der Waals surface area contributed by atoms with Gasteiger partial charge in [0.15, 0.2) is 5.78 Å². The largest absolute Gasteiger partial charge is 0.335 e. The summed E-state index contributed by atoms with van der Waals surface area (Å²) in [7, 11) is 0. The normalized spacial score (nSPS) is 10.5. The molecule has 0 bridgehead atoms. The molecule has 0 saturated heterocycles. The van der Waals surface area contributed by atoms with Crippen LogP contribution in [0.1, 0.15) is 9.67 Å². The minimum atomic E-state index is -0.806. The number of carbonyl (C=O) groups excluding carboxylic acids is 1. The van der Waals surface area contributed by atoms with Crippen LogP contribution in [0, 0.1) is 10.1 Å². The molecule has 0 fully saturated rings. The second kappa shape index (κ2) is 5.98. The maximum absolute atomic E-state index is 12.1. The molecule has 6 nitrogen and oxygen atoms in total. The number of nitrogens with zero attached hydrogens (tertiary/aromatic N) is 2. The van der Waals surface area contributed by atoms with Gasteiger partial charge in [-0.3, -0.25) is 19.7 Å². The van der Waals surface area contributed by atoms with E-state index in [4.69, 9.17) is 0 Å². The number of Topliss-reactive ketones (excluding diaryl/α,β-unsaturated/α-hetero) is 1. The monoisotopic (exact) mass is 420 g/mol. The van der Waals surface area contributed by atoms with Gasteiger partial charge in [-0.05, 0) is 43.3 Å². The Morgan fingerprint density at radius 1 is 1.45 bits per heavy atom. The van der Waals surface area contributed by atoms with Gasteiger partial charge in [0.1, 0.15) is 0 Å². The number of pyridine rings is 1. The van der Waals surface area contributed by atoms with E-state index in [1.165, 1.54) is 17.5 Å². The van der Waals surface area contributed by atoms with Crippen LogP contribution in [-0.4, -0.2) is 15.3 Å². The maximum Gasteiger partial charge on any atom is 0.335 e. The Kier molecular flexibility index (Phi) is 4.51. The summed E-state index contributed by atoms with van der Waals surface area (Å²) in [5, 5.41) is 12.5. The van der Waals surface area contributed by atoms with Crippen LogP contribution in [-0.2, 0) is 6.54 Å². The molecule has 0 saturated carbocycles. The van der Waals surface area contributed by atoms with Gasteiger partial charge in [-0.15, -0.1) is 11.3 Å². The maximum atomic E-state index is 12.1. The molecule has 104 valence electrons. The molecule has 2 aromatic rings. The number of halogens is 2. The number of hydrogen-bond acceptors (Lipinski definition) is 5. The fourth-order valence-electron chi connectivity index (χ4n) is 1.55. The van der Waals surface area contributed by atoms with Crippen LogP contribution in [0.2, 0.25) is 0 Å². The average Bonchev–Trinajstić information content (AvgIpc) is 2.79. The van der Waals surface area contributed by atoms with E-state index in [1.54, 1.807) is 11.4 Å². The van der Waals surface area contributed by atoms with Crippen molar-refractivity contribution in [3.05, 3.63) is 58.0 Å². The number of thiophene rings is 1. The van der Waals surface area contributed by atoms with E-state index in [1.807, 2.05) is 0 Å². The highest BCUT2D eigenvalue weighted by molar-refractivity contribution is 9.10. The second-order valence-electron chi connectivity index (χ2n) is 3.75. The zero-order valence-corrected chi connectivity index (χ0v) is 13.7. The van der Waals surface area contributed by atoms with Crippen molar-refractivity contribution in [2.24, 2.45) is 0 Å². The summed E-state index contributed by atoms with van der Waals surface area (Å²) < 4.78 is 2.03. The second-order valence-corrected chi connectivity index (χ2v) is 6.44.